The predicted octanol–water partition coefficient (Wildman–Crippen LogP) is 0.572. The van der Waals surface area contributed by atoms with Gasteiger partial charge in [0.05, 0.1) is 6.04 Å². The fourth-order valence-electron chi connectivity index (χ4n) is 1.51. The van der Waals surface area contributed by atoms with Crippen LogP contribution in [0.4, 0.5) is 0 Å². The van der Waals surface area contributed by atoms with Crippen LogP contribution >= 0.6 is 0 Å². The molecule has 0 saturated heterocycles. The zero-order valence-corrected chi connectivity index (χ0v) is 10.3. The standard InChI is InChI=1S/C11H25N3O/c1-4-7-13-10(11(12)15)6-9-14(3)8-5-2/h10,13H,4-9H2,1-3H3,(H2,12,15). The zero-order chi connectivity index (χ0) is 11.7. The molecule has 0 rings (SSSR count). The summed E-state index contributed by atoms with van der Waals surface area (Å²) in [5.41, 5.74) is 5.32. The third-order valence-corrected chi connectivity index (χ3v) is 2.39. The van der Waals surface area contributed by atoms with E-state index in [9.17, 15) is 4.79 Å². The fourth-order valence-corrected chi connectivity index (χ4v) is 1.51. The Kier molecular flexibility index (Phi) is 8.33. The van der Waals surface area contributed by atoms with E-state index >= 15 is 0 Å². The molecule has 0 bridgehead atoms. The van der Waals surface area contributed by atoms with Crippen LogP contribution < -0.4 is 11.1 Å². The maximum atomic E-state index is 11.1. The molecule has 0 fully saturated rings. The van der Waals surface area contributed by atoms with Crippen molar-refractivity contribution < 1.29 is 4.79 Å². The first-order valence-corrected chi connectivity index (χ1v) is 5.83. The predicted molar refractivity (Wildman–Crippen MR) is 63.7 cm³/mol. The number of nitrogens with one attached hydrogen (secondary N) is 1. The molecule has 3 N–H and O–H groups in total. The van der Waals surface area contributed by atoms with Crippen LogP contribution in [0.3, 0.4) is 0 Å². The van der Waals surface area contributed by atoms with Crippen molar-refractivity contribution in [2.24, 2.45) is 5.73 Å². The lowest BCUT2D eigenvalue weighted by molar-refractivity contribution is -0.120. The maximum Gasteiger partial charge on any atom is 0.234 e. The average molecular weight is 215 g/mol. The molecule has 0 aromatic rings. The molecule has 0 spiro atoms. The molecule has 0 aliphatic heterocycles. The van der Waals surface area contributed by atoms with E-state index in [0.717, 1.165) is 38.9 Å². The first-order chi connectivity index (χ1) is 7.11. The molecule has 0 heterocycles. The zero-order valence-electron chi connectivity index (χ0n) is 10.3. The van der Waals surface area contributed by atoms with Crippen molar-refractivity contribution in [3.63, 3.8) is 0 Å². The first-order valence-electron chi connectivity index (χ1n) is 5.83. The normalized spacial score (nSPS) is 13.1. The number of amides is 1. The molecule has 0 aliphatic carbocycles. The SMILES string of the molecule is CCCNC(CCN(C)CCC)C(N)=O. The molecular weight excluding hydrogens is 190 g/mol. The third-order valence-electron chi connectivity index (χ3n) is 2.39. The molecular formula is C11H25N3O. The van der Waals surface area contributed by atoms with E-state index in [1.165, 1.54) is 0 Å². The van der Waals surface area contributed by atoms with Crippen LogP contribution in [0.15, 0.2) is 0 Å². The van der Waals surface area contributed by atoms with Crippen molar-refractivity contribution in [3.8, 4) is 0 Å². The van der Waals surface area contributed by atoms with E-state index in [-0.39, 0.29) is 11.9 Å². The van der Waals surface area contributed by atoms with Crippen molar-refractivity contribution in [1.29, 1.82) is 0 Å². The molecule has 0 aromatic heterocycles. The lowest BCUT2D eigenvalue weighted by Crippen LogP contribution is -2.43. The van der Waals surface area contributed by atoms with Gasteiger partial charge in [-0.2, -0.15) is 0 Å². The Morgan fingerprint density at radius 3 is 2.47 bits per heavy atom. The number of carbonyl (C=O) groups excluding carboxylic acids is 1. The van der Waals surface area contributed by atoms with Crippen molar-refractivity contribution in [1.82, 2.24) is 10.2 Å². The highest BCUT2D eigenvalue weighted by molar-refractivity contribution is 5.79. The van der Waals surface area contributed by atoms with E-state index in [4.69, 9.17) is 5.73 Å². The number of hydrogen-bond donors (Lipinski definition) is 2. The van der Waals surface area contributed by atoms with Gasteiger partial charge in [-0.15, -0.1) is 0 Å². The topological polar surface area (TPSA) is 58.4 Å². The van der Waals surface area contributed by atoms with Gasteiger partial charge in [-0.1, -0.05) is 13.8 Å². The monoisotopic (exact) mass is 215 g/mol. The minimum Gasteiger partial charge on any atom is -0.368 e. The molecule has 0 aromatic carbocycles. The summed E-state index contributed by atoms with van der Waals surface area (Å²) in [4.78, 5) is 13.3. The molecule has 0 aliphatic rings. The molecule has 0 saturated carbocycles. The largest absolute Gasteiger partial charge is 0.368 e. The highest BCUT2D eigenvalue weighted by Crippen LogP contribution is 1.96. The van der Waals surface area contributed by atoms with E-state index in [1.807, 2.05) is 0 Å². The Hall–Kier alpha value is -0.610. The minimum absolute atomic E-state index is 0.177. The van der Waals surface area contributed by atoms with Gasteiger partial charge >= 0.3 is 0 Å². The molecule has 15 heavy (non-hydrogen) atoms. The van der Waals surface area contributed by atoms with Gasteiger partial charge in [0, 0.05) is 0 Å². The smallest absolute Gasteiger partial charge is 0.234 e. The van der Waals surface area contributed by atoms with Crippen molar-refractivity contribution >= 4 is 5.91 Å². The van der Waals surface area contributed by atoms with E-state index in [0.29, 0.717) is 0 Å². The second-order valence-corrected chi connectivity index (χ2v) is 4.00. The Morgan fingerprint density at radius 1 is 1.33 bits per heavy atom. The summed E-state index contributed by atoms with van der Waals surface area (Å²) in [6, 6.07) is -0.177. The quantitative estimate of drug-likeness (QED) is 0.591. The second-order valence-electron chi connectivity index (χ2n) is 4.00. The number of primary amides is 1. The molecule has 1 amide bonds. The summed E-state index contributed by atoms with van der Waals surface area (Å²) in [5.74, 6) is -0.242. The number of nitrogens with two attached hydrogens (primary N) is 1. The Bertz CT molecular complexity index is 173. The van der Waals surface area contributed by atoms with Crippen LogP contribution in [0.5, 0.6) is 0 Å². The van der Waals surface area contributed by atoms with Crippen LogP contribution in [-0.4, -0.2) is 43.5 Å². The highest BCUT2D eigenvalue weighted by atomic mass is 16.1. The summed E-state index contributed by atoms with van der Waals surface area (Å²) < 4.78 is 0. The van der Waals surface area contributed by atoms with Gasteiger partial charge in [0.2, 0.25) is 5.91 Å². The lowest BCUT2D eigenvalue weighted by atomic mass is 10.2. The average Bonchev–Trinajstić information content (AvgIpc) is 2.17. The summed E-state index contributed by atoms with van der Waals surface area (Å²) in [6.45, 7) is 7.06. The Labute approximate surface area is 93.2 Å². The summed E-state index contributed by atoms with van der Waals surface area (Å²) >= 11 is 0. The van der Waals surface area contributed by atoms with Gasteiger partial charge in [-0.25, -0.2) is 0 Å². The minimum atomic E-state index is -0.242. The Morgan fingerprint density at radius 2 is 2.00 bits per heavy atom. The van der Waals surface area contributed by atoms with Gasteiger partial charge in [0.15, 0.2) is 0 Å². The van der Waals surface area contributed by atoms with Crippen molar-refractivity contribution in [3.05, 3.63) is 0 Å². The van der Waals surface area contributed by atoms with Crippen LogP contribution in [0.25, 0.3) is 0 Å². The number of hydrogen-bond acceptors (Lipinski definition) is 3. The lowest BCUT2D eigenvalue weighted by Gasteiger charge is -2.20. The molecule has 1 atom stereocenters. The number of nitrogens with zero attached hydrogens (tertiary/aromatic N) is 1. The highest BCUT2D eigenvalue weighted by Gasteiger charge is 2.14. The van der Waals surface area contributed by atoms with Crippen LogP contribution in [0.2, 0.25) is 0 Å². The van der Waals surface area contributed by atoms with E-state index in [1.54, 1.807) is 0 Å². The van der Waals surface area contributed by atoms with Crippen LogP contribution in [0, 0.1) is 0 Å². The van der Waals surface area contributed by atoms with Crippen LogP contribution in [0.1, 0.15) is 33.1 Å². The Balaban J connectivity index is 3.79. The first kappa shape index (κ1) is 14.4. The van der Waals surface area contributed by atoms with Gasteiger partial charge in [0.25, 0.3) is 0 Å². The summed E-state index contributed by atoms with van der Waals surface area (Å²) in [6.07, 6.45) is 2.96. The third kappa shape index (κ3) is 7.33. The summed E-state index contributed by atoms with van der Waals surface area (Å²) in [5, 5.41) is 3.17. The van der Waals surface area contributed by atoms with Crippen molar-refractivity contribution in [2.75, 3.05) is 26.7 Å². The maximum absolute atomic E-state index is 11.1. The molecule has 4 heteroatoms. The number of rotatable bonds is 9. The van der Waals surface area contributed by atoms with Gasteiger partial charge < -0.3 is 16.0 Å². The molecule has 1 unspecified atom stereocenters. The summed E-state index contributed by atoms with van der Waals surface area (Å²) in [7, 11) is 2.07. The van der Waals surface area contributed by atoms with E-state index in [2.05, 4.69) is 31.1 Å². The van der Waals surface area contributed by atoms with Gasteiger partial charge in [0.1, 0.15) is 0 Å². The molecule has 4 nitrogen and oxygen atoms in total. The molecule has 0 radical (unpaired) electrons. The van der Waals surface area contributed by atoms with Crippen molar-refractivity contribution in [2.45, 2.75) is 39.2 Å². The van der Waals surface area contributed by atoms with Gasteiger partial charge in [-0.3, -0.25) is 4.79 Å². The second kappa shape index (κ2) is 8.68. The van der Waals surface area contributed by atoms with E-state index < -0.39 is 0 Å². The van der Waals surface area contributed by atoms with Crippen LogP contribution in [-0.2, 0) is 4.79 Å². The fraction of sp³-hybridized carbons (Fsp3) is 0.909. The number of carbonyl (C=O) groups is 1. The molecule has 90 valence electrons. The van der Waals surface area contributed by atoms with Gasteiger partial charge in [-0.05, 0) is 45.9 Å².